The standard InChI is InChI=1S/C9H14N6O/c1-6(4-16-3)15-9-7(13-14-15)8(10-2)11-5-12-9/h5-6H,4H2,1-3H3,(H,10,11,12). The van der Waals surface area contributed by atoms with E-state index in [1.54, 1.807) is 18.8 Å². The van der Waals surface area contributed by atoms with Crippen LogP contribution in [0.2, 0.25) is 0 Å². The molecule has 2 heterocycles. The van der Waals surface area contributed by atoms with Gasteiger partial charge in [0.05, 0.1) is 12.6 Å². The van der Waals surface area contributed by atoms with Crippen molar-refractivity contribution in [3.63, 3.8) is 0 Å². The molecule has 0 saturated carbocycles. The second-order valence-corrected chi connectivity index (χ2v) is 3.48. The zero-order valence-corrected chi connectivity index (χ0v) is 9.51. The second kappa shape index (κ2) is 4.40. The van der Waals surface area contributed by atoms with Gasteiger partial charge in [0.2, 0.25) is 0 Å². The third kappa shape index (κ3) is 1.69. The Morgan fingerprint density at radius 2 is 2.31 bits per heavy atom. The SMILES string of the molecule is CNc1ncnc2c1nnn2C(C)COC. The molecule has 1 N–H and O–H groups in total. The summed E-state index contributed by atoms with van der Waals surface area (Å²) in [7, 11) is 3.45. The lowest BCUT2D eigenvalue weighted by atomic mass is 10.3. The molecule has 0 aliphatic carbocycles. The van der Waals surface area contributed by atoms with Gasteiger partial charge in [-0.05, 0) is 6.92 Å². The molecule has 0 fully saturated rings. The Kier molecular flexibility index (Phi) is 2.95. The number of rotatable bonds is 4. The van der Waals surface area contributed by atoms with Crippen LogP contribution in [0, 0.1) is 0 Å². The highest BCUT2D eigenvalue weighted by atomic mass is 16.5. The molecule has 0 saturated heterocycles. The van der Waals surface area contributed by atoms with Crippen molar-refractivity contribution in [1.82, 2.24) is 25.0 Å². The van der Waals surface area contributed by atoms with Crippen molar-refractivity contribution in [2.45, 2.75) is 13.0 Å². The van der Waals surface area contributed by atoms with Gasteiger partial charge in [0, 0.05) is 14.2 Å². The van der Waals surface area contributed by atoms with E-state index in [2.05, 4.69) is 25.6 Å². The molecule has 0 radical (unpaired) electrons. The van der Waals surface area contributed by atoms with Gasteiger partial charge in [-0.25, -0.2) is 14.6 Å². The van der Waals surface area contributed by atoms with Crippen LogP contribution in [0.25, 0.3) is 11.2 Å². The summed E-state index contributed by atoms with van der Waals surface area (Å²) in [4.78, 5) is 8.26. The third-order valence-electron chi connectivity index (χ3n) is 2.32. The van der Waals surface area contributed by atoms with E-state index in [1.165, 1.54) is 6.33 Å². The first-order valence-corrected chi connectivity index (χ1v) is 5.00. The number of anilines is 1. The number of fused-ring (bicyclic) bond motifs is 1. The lowest BCUT2D eigenvalue weighted by Crippen LogP contribution is -2.13. The van der Waals surface area contributed by atoms with Gasteiger partial charge >= 0.3 is 0 Å². The van der Waals surface area contributed by atoms with Crippen molar-refractivity contribution in [3.8, 4) is 0 Å². The highest BCUT2D eigenvalue weighted by Crippen LogP contribution is 2.18. The monoisotopic (exact) mass is 222 g/mol. The average Bonchev–Trinajstić information content (AvgIpc) is 2.72. The van der Waals surface area contributed by atoms with Crippen LogP contribution < -0.4 is 5.32 Å². The Hall–Kier alpha value is -1.76. The average molecular weight is 222 g/mol. The summed E-state index contributed by atoms with van der Waals surface area (Å²) in [5.74, 6) is 0.681. The van der Waals surface area contributed by atoms with Crippen LogP contribution in [0.4, 0.5) is 5.82 Å². The van der Waals surface area contributed by atoms with Gasteiger partial charge in [0.15, 0.2) is 17.0 Å². The van der Waals surface area contributed by atoms with Crippen molar-refractivity contribution >= 4 is 17.0 Å². The smallest absolute Gasteiger partial charge is 0.184 e. The van der Waals surface area contributed by atoms with Crippen molar-refractivity contribution < 1.29 is 4.74 Å². The van der Waals surface area contributed by atoms with Gasteiger partial charge in [0.25, 0.3) is 0 Å². The highest BCUT2D eigenvalue weighted by molar-refractivity contribution is 5.81. The molecular weight excluding hydrogens is 208 g/mol. The van der Waals surface area contributed by atoms with E-state index in [-0.39, 0.29) is 6.04 Å². The van der Waals surface area contributed by atoms with E-state index in [9.17, 15) is 0 Å². The first kappa shape index (κ1) is 10.7. The molecule has 7 heteroatoms. The minimum Gasteiger partial charge on any atom is -0.382 e. The molecule has 1 unspecified atom stereocenters. The molecule has 0 aromatic carbocycles. The summed E-state index contributed by atoms with van der Waals surface area (Å²) in [5.41, 5.74) is 1.39. The molecule has 0 spiro atoms. The minimum absolute atomic E-state index is 0.0922. The van der Waals surface area contributed by atoms with Gasteiger partial charge in [-0.3, -0.25) is 0 Å². The lowest BCUT2D eigenvalue weighted by Gasteiger charge is -2.10. The van der Waals surface area contributed by atoms with E-state index in [0.29, 0.717) is 23.6 Å². The van der Waals surface area contributed by atoms with E-state index >= 15 is 0 Å². The molecule has 7 nitrogen and oxygen atoms in total. The number of nitrogens with zero attached hydrogens (tertiary/aromatic N) is 5. The van der Waals surface area contributed by atoms with Gasteiger partial charge in [-0.2, -0.15) is 0 Å². The van der Waals surface area contributed by atoms with E-state index in [1.807, 2.05) is 6.92 Å². The predicted octanol–water partition coefficient (Wildman–Crippen LogP) is 0.470. The first-order chi connectivity index (χ1) is 7.77. The number of ether oxygens (including phenoxy) is 1. The number of nitrogens with one attached hydrogen (secondary N) is 1. The van der Waals surface area contributed by atoms with Crippen LogP contribution in [0.5, 0.6) is 0 Å². The fourth-order valence-corrected chi connectivity index (χ4v) is 1.56. The third-order valence-corrected chi connectivity index (χ3v) is 2.32. The molecule has 0 aliphatic heterocycles. The van der Waals surface area contributed by atoms with E-state index < -0.39 is 0 Å². The topological polar surface area (TPSA) is 77.8 Å². The van der Waals surface area contributed by atoms with Crippen LogP contribution in [0.15, 0.2) is 6.33 Å². The summed E-state index contributed by atoms with van der Waals surface area (Å²) in [5, 5.41) is 11.1. The zero-order valence-electron chi connectivity index (χ0n) is 9.51. The Bertz CT molecular complexity index is 482. The number of hydrogen-bond acceptors (Lipinski definition) is 6. The zero-order chi connectivity index (χ0) is 11.5. The maximum absolute atomic E-state index is 5.09. The van der Waals surface area contributed by atoms with E-state index in [0.717, 1.165) is 0 Å². The van der Waals surface area contributed by atoms with Crippen LogP contribution in [0.3, 0.4) is 0 Å². The Morgan fingerprint density at radius 1 is 1.50 bits per heavy atom. The van der Waals surface area contributed by atoms with Crippen LogP contribution in [0.1, 0.15) is 13.0 Å². The highest BCUT2D eigenvalue weighted by Gasteiger charge is 2.14. The molecule has 86 valence electrons. The molecular formula is C9H14N6O. The van der Waals surface area contributed by atoms with Crippen LogP contribution in [-0.2, 0) is 4.74 Å². The number of hydrogen-bond donors (Lipinski definition) is 1. The van der Waals surface area contributed by atoms with E-state index in [4.69, 9.17) is 4.74 Å². The molecule has 2 aromatic heterocycles. The van der Waals surface area contributed by atoms with Crippen LogP contribution in [-0.4, -0.2) is 45.7 Å². The van der Waals surface area contributed by atoms with Crippen molar-refractivity contribution in [1.29, 1.82) is 0 Å². The Balaban J connectivity index is 2.48. The van der Waals surface area contributed by atoms with Crippen molar-refractivity contribution in [2.75, 3.05) is 26.1 Å². The van der Waals surface area contributed by atoms with Gasteiger partial charge in [-0.1, -0.05) is 5.21 Å². The molecule has 0 amide bonds. The molecule has 0 bridgehead atoms. The Labute approximate surface area is 92.8 Å². The molecule has 1 atom stereocenters. The normalized spacial score (nSPS) is 12.9. The predicted molar refractivity (Wildman–Crippen MR) is 59.3 cm³/mol. The van der Waals surface area contributed by atoms with Crippen molar-refractivity contribution in [2.24, 2.45) is 0 Å². The summed E-state index contributed by atoms with van der Waals surface area (Å²) >= 11 is 0. The lowest BCUT2D eigenvalue weighted by molar-refractivity contribution is 0.157. The molecule has 16 heavy (non-hydrogen) atoms. The number of aromatic nitrogens is 5. The van der Waals surface area contributed by atoms with Crippen molar-refractivity contribution in [3.05, 3.63) is 6.33 Å². The van der Waals surface area contributed by atoms with Gasteiger partial charge < -0.3 is 10.1 Å². The maximum atomic E-state index is 5.09. The fourth-order valence-electron chi connectivity index (χ4n) is 1.56. The molecule has 2 aromatic rings. The summed E-state index contributed by atoms with van der Waals surface area (Å²) in [6, 6.07) is 0.0922. The summed E-state index contributed by atoms with van der Waals surface area (Å²) < 4.78 is 6.82. The van der Waals surface area contributed by atoms with Crippen LogP contribution >= 0.6 is 0 Å². The molecule has 2 rings (SSSR count). The first-order valence-electron chi connectivity index (χ1n) is 5.00. The quantitative estimate of drug-likeness (QED) is 0.810. The largest absolute Gasteiger partial charge is 0.382 e. The van der Waals surface area contributed by atoms with Gasteiger partial charge in [0.1, 0.15) is 6.33 Å². The summed E-state index contributed by atoms with van der Waals surface area (Å²) in [6.07, 6.45) is 1.49. The maximum Gasteiger partial charge on any atom is 0.184 e. The fraction of sp³-hybridized carbons (Fsp3) is 0.556. The second-order valence-electron chi connectivity index (χ2n) is 3.48. The summed E-state index contributed by atoms with van der Waals surface area (Å²) in [6.45, 7) is 2.57. The molecule has 0 aliphatic rings. The number of methoxy groups -OCH3 is 1. The minimum atomic E-state index is 0.0922. The van der Waals surface area contributed by atoms with Gasteiger partial charge in [-0.15, -0.1) is 5.10 Å². The Morgan fingerprint density at radius 3 is 3.00 bits per heavy atom.